The van der Waals surface area contributed by atoms with Gasteiger partial charge < -0.3 is 10.4 Å². The van der Waals surface area contributed by atoms with E-state index in [1.54, 1.807) is 12.4 Å². The molecule has 0 fully saturated rings. The Morgan fingerprint density at radius 1 is 1.33 bits per heavy atom. The van der Waals surface area contributed by atoms with E-state index < -0.39 is 0 Å². The largest absolute Gasteiger partial charge is 0.506 e. The molecule has 0 radical (unpaired) electrons. The second-order valence-corrected chi connectivity index (χ2v) is 3.92. The number of nitrogens with one attached hydrogen (secondary N) is 1. The number of aromatic nitrogens is 2. The lowest BCUT2D eigenvalue weighted by Crippen LogP contribution is -2.23. The fraction of sp³-hybridized carbons (Fsp3) is 0.154. The van der Waals surface area contributed by atoms with Gasteiger partial charge in [0.25, 0.3) is 5.91 Å². The lowest BCUT2D eigenvalue weighted by Gasteiger charge is -2.07. The highest BCUT2D eigenvalue weighted by atomic mass is 16.3. The number of nitrogens with zero attached hydrogens (tertiary/aromatic N) is 2. The first-order valence-electron chi connectivity index (χ1n) is 5.48. The van der Waals surface area contributed by atoms with Crippen molar-refractivity contribution in [3.8, 4) is 5.75 Å². The number of amides is 1. The minimum absolute atomic E-state index is 0.0276. The van der Waals surface area contributed by atoms with Crippen molar-refractivity contribution in [2.45, 2.75) is 13.5 Å². The highest BCUT2D eigenvalue weighted by Crippen LogP contribution is 2.09. The first-order chi connectivity index (χ1) is 8.66. The molecule has 2 rings (SSSR count). The second-order valence-electron chi connectivity index (χ2n) is 3.92. The monoisotopic (exact) mass is 243 g/mol. The van der Waals surface area contributed by atoms with Gasteiger partial charge in [-0.1, -0.05) is 0 Å². The molecule has 2 heterocycles. The predicted molar refractivity (Wildman–Crippen MR) is 66.0 cm³/mol. The van der Waals surface area contributed by atoms with Crippen molar-refractivity contribution >= 4 is 5.91 Å². The predicted octanol–water partition coefficient (Wildman–Crippen LogP) is 1.42. The molecular formula is C13H13N3O2. The zero-order valence-electron chi connectivity index (χ0n) is 9.92. The van der Waals surface area contributed by atoms with Crippen molar-refractivity contribution in [3.05, 3.63) is 53.6 Å². The zero-order valence-corrected chi connectivity index (χ0v) is 9.92. The van der Waals surface area contributed by atoms with Gasteiger partial charge in [0.1, 0.15) is 5.75 Å². The summed E-state index contributed by atoms with van der Waals surface area (Å²) < 4.78 is 0. The van der Waals surface area contributed by atoms with E-state index in [9.17, 15) is 9.90 Å². The SMILES string of the molecule is Cc1ccncc1CNC(=O)c1cncc(O)c1. The topological polar surface area (TPSA) is 75.1 Å². The molecule has 0 aromatic carbocycles. The summed E-state index contributed by atoms with van der Waals surface area (Å²) >= 11 is 0. The average molecular weight is 243 g/mol. The van der Waals surface area contributed by atoms with Crippen LogP contribution in [0.5, 0.6) is 5.75 Å². The molecule has 2 aromatic heterocycles. The van der Waals surface area contributed by atoms with Gasteiger partial charge >= 0.3 is 0 Å². The lowest BCUT2D eigenvalue weighted by molar-refractivity contribution is 0.0950. The molecule has 0 aliphatic carbocycles. The molecule has 0 saturated carbocycles. The third-order valence-electron chi connectivity index (χ3n) is 2.57. The van der Waals surface area contributed by atoms with Crippen LogP contribution in [0.4, 0.5) is 0 Å². The van der Waals surface area contributed by atoms with Crippen LogP contribution in [0.25, 0.3) is 0 Å². The van der Waals surface area contributed by atoms with Gasteiger partial charge in [-0.2, -0.15) is 0 Å². The van der Waals surface area contributed by atoms with Crippen LogP contribution in [-0.4, -0.2) is 21.0 Å². The molecule has 0 saturated heterocycles. The van der Waals surface area contributed by atoms with E-state index in [-0.39, 0.29) is 11.7 Å². The summed E-state index contributed by atoms with van der Waals surface area (Å²) in [4.78, 5) is 19.6. The van der Waals surface area contributed by atoms with Crippen LogP contribution in [0, 0.1) is 6.92 Å². The molecule has 5 heteroatoms. The van der Waals surface area contributed by atoms with E-state index in [1.165, 1.54) is 18.5 Å². The summed E-state index contributed by atoms with van der Waals surface area (Å²) in [5.74, 6) is -0.304. The van der Waals surface area contributed by atoms with E-state index in [1.807, 2.05) is 13.0 Å². The maximum absolute atomic E-state index is 11.8. The molecule has 2 aromatic rings. The standard InChI is InChI=1S/C13H13N3O2/c1-9-2-3-14-6-11(9)7-16-13(18)10-4-12(17)8-15-5-10/h2-6,8,17H,7H2,1H3,(H,16,18). The lowest BCUT2D eigenvalue weighted by atomic mass is 10.1. The van der Waals surface area contributed by atoms with Gasteiger partial charge in [0.05, 0.1) is 11.8 Å². The minimum atomic E-state index is -0.276. The van der Waals surface area contributed by atoms with Crippen molar-refractivity contribution in [2.75, 3.05) is 0 Å². The van der Waals surface area contributed by atoms with Gasteiger partial charge in [-0.15, -0.1) is 0 Å². The molecule has 2 N–H and O–H groups in total. The number of aryl methyl sites for hydroxylation is 1. The Bertz CT molecular complexity index is 570. The fourth-order valence-corrected chi connectivity index (χ4v) is 1.51. The molecule has 0 aliphatic rings. The Kier molecular flexibility index (Phi) is 3.52. The normalized spacial score (nSPS) is 10.1. The Morgan fingerprint density at radius 2 is 2.17 bits per heavy atom. The summed E-state index contributed by atoms with van der Waals surface area (Å²) in [5.41, 5.74) is 2.36. The molecule has 0 spiro atoms. The molecule has 18 heavy (non-hydrogen) atoms. The van der Waals surface area contributed by atoms with Crippen LogP contribution in [0.2, 0.25) is 0 Å². The Hall–Kier alpha value is -2.43. The Balaban J connectivity index is 2.03. The van der Waals surface area contributed by atoms with Crippen LogP contribution >= 0.6 is 0 Å². The van der Waals surface area contributed by atoms with Crippen LogP contribution in [-0.2, 0) is 6.54 Å². The molecule has 92 valence electrons. The van der Waals surface area contributed by atoms with E-state index in [0.29, 0.717) is 12.1 Å². The van der Waals surface area contributed by atoms with Crippen LogP contribution in [0.15, 0.2) is 36.9 Å². The number of aromatic hydroxyl groups is 1. The van der Waals surface area contributed by atoms with Crippen LogP contribution in [0.3, 0.4) is 0 Å². The summed E-state index contributed by atoms with van der Waals surface area (Å²) in [6, 6.07) is 3.26. The summed E-state index contributed by atoms with van der Waals surface area (Å²) in [6.07, 6.45) is 6.11. The fourth-order valence-electron chi connectivity index (χ4n) is 1.51. The van der Waals surface area contributed by atoms with Gasteiger partial charge in [0.15, 0.2) is 0 Å². The molecule has 1 amide bonds. The Labute approximate surface area is 105 Å². The minimum Gasteiger partial charge on any atom is -0.506 e. The summed E-state index contributed by atoms with van der Waals surface area (Å²) in [5, 5.41) is 12.0. The third kappa shape index (κ3) is 2.82. The highest BCUT2D eigenvalue weighted by Gasteiger charge is 2.07. The van der Waals surface area contributed by atoms with Gasteiger partial charge in [-0.3, -0.25) is 14.8 Å². The summed E-state index contributed by atoms with van der Waals surface area (Å²) in [6.45, 7) is 2.35. The van der Waals surface area contributed by atoms with Gasteiger partial charge in [0, 0.05) is 25.1 Å². The highest BCUT2D eigenvalue weighted by molar-refractivity contribution is 5.94. The van der Waals surface area contributed by atoms with Crippen molar-refractivity contribution in [1.82, 2.24) is 15.3 Å². The number of carbonyl (C=O) groups is 1. The zero-order chi connectivity index (χ0) is 13.0. The molecule has 0 bridgehead atoms. The van der Waals surface area contributed by atoms with E-state index in [4.69, 9.17) is 0 Å². The summed E-state index contributed by atoms with van der Waals surface area (Å²) in [7, 11) is 0. The van der Waals surface area contributed by atoms with Crippen molar-refractivity contribution in [3.63, 3.8) is 0 Å². The van der Waals surface area contributed by atoms with Gasteiger partial charge in [-0.05, 0) is 30.2 Å². The van der Waals surface area contributed by atoms with Gasteiger partial charge in [-0.25, -0.2) is 0 Å². The number of pyridine rings is 2. The van der Waals surface area contributed by atoms with E-state index >= 15 is 0 Å². The third-order valence-corrected chi connectivity index (χ3v) is 2.57. The Morgan fingerprint density at radius 3 is 2.89 bits per heavy atom. The van der Waals surface area contributed by atoms with E-state index in [2.05, 4.69) is 15.3 Å². The molecular weight excluding hydrogens is 230 g/mol. The van der Waals surface area contributed by atoms with Gasteiger partial charge in [0.2, 0.25) is 0 Å². The maximum Gasteiger partial charge on any atom is 0.253 e. The van der Waals surface area contributed by atoms with Crippen LogP contribution < -0.4 is 5.32 Å². The quantitative estimate of drug-likeness (QED) is 0.855. The number of hydrogen-bond acceptors (Lipinski definition) is 4. The van der Waals surface area contributed by atoms with E-state index in [0.717, 1.165) is 11.1 Å². The second kappa shape index (κ2) is 5.27. The first kappa shape index (κ1) is 12.0. The van der Waals surface area contributed by atoms with Crippen molar-refractivity contribution in [1.29, 1.82) is 0 Å². The average Bonchev–Trinajstić information content (AvgIpc) is 2.37. The molecule has 0 atom stereocenters. The number of rotatable bonds is 3. The van der Waals surface area contributed by atoms with Crippen LogP contribution in [0.1, 0.15) is 21.5 Å². The number of hydrogen-bond donors (Lipinski definition) is 2. The maximum atomic E-state index is 11.8. The van der Waals surface area contributed by atoms with Crippen molar-refractivity contribution < 1.29 is 9.90 Å². The molecule has 0 unspecified atom stereocenters. The van der Waals surface area contributed by atoms with Crippen molar-refractivity contribution in [2.24, 2.45) is 0 Å². The number of carbonyl (C=O) groups excluding carboxylic acids is 1. The molecule has 5 nitrogen and oxygen atoms in total. The first-order valence-corrected chi connectivity index (χ1v) is 5.48. The molecule has 0 aliphatic heterocycles. The smallest absolute Gasteiger partial charge is 0.253 e.